The van der Waals surface area contributed by atoms with Crippen LogP contribution in [0.2, 0.25) is 0 Å². The van der Waals surface area contributed by atoms with Gasteiger partial charge in [0.05, 0.1) is 5.03 Å². The first-order valence-electron chi connectivity index (χ1n) is 5.08. The van der Waals surface area contributed by atoms with E-state index in [0.717, 1.165) is 30.4 Å². The normalized spacial score (nSPS) is 10.5. The fraction of sp³-hybridized carbons (Fsp3) is 0.545. The minimum atomic E-state index is 0.824. The molecule has 0 spiro atoms. The number of rotatable bonds is 7. The van der Waals surface area contributed by atoms with Gasteiger partial charge in [0.25, 0.3) is 0 Å². The molecule has 1 N–H and O–H groups in total. The maximum atomic E-state index is 4.99. The van der Waals surface area contributed by atoms with Crippen LogP contribution >= 0.6 is 11.8 Å². The predicted octanol–water partition coefficient (Wildman–Crippen LogP) is 1.93. The van der Waals surface area contributed by atoms with Crippen LogP contribution in [-0.4, -0.2) is 31.5 Å². The van der Waals surface area contributed by atoms with Crippen LogP contribution in [0.25, 0.3) is 0 Å². The van der Waals surface area contributed by atoms with Crippen LogP contribution in [0.4, 0.5) is 0 Å². The van der Waals surface area contributed by atoms with E-state index in [0.29, 0.717) is 0 Å². The van der Waals surface area contributed by atoms with E-state index >= 15 is 0 Å². The van der Waals surface area contributed by atoms with Crippen molar-refractivity contribution in [2.45, 2.75) is 18.0 Å². The summed E-state index contributed by atoms with van der Waals surface area (Å²) >= 11 is 1.78. The van der Waals surface area contributed by atoms with Crippen LogP contribution in [-0.2, 0) is 11.3 Å². The molecular weight excluding hydrogens is 208 g/mol. The lowest BCUT2D eigenvalue weighted by Gasteiger charge is -2.02. The molecule has 15 heavy (non-hydrogen) atoms. The Hall–Kier alpha value is -0.580. The number of hydrogen-bond donors (Lipinski definition) is 1. The second kappa shape index (κ2) is 7.68. The van der Waals surface area contributed by atoms with Crippen molar-refractivity contribution < 1.29 is 4.74 Å². The molecule has 0 fully saturated rings. The van der Waals surface area contributed by atoms with E-state index in [1.807, 2.05) is 13.2 Å². The highest BCUT2D eigenvalue weighted by atomic mass is 32.2. The van der Waals surface area contributed by atoms with Crippen molar-refractivity contribution in [3.8, 4) is 0 Å². The second-order valence-corrected chi connectivity index (χ2v) is 4.35. The van der Waals surface area contributed by atoms with E-state index in [4.69, 9.17) is 4.74 Å². The molecule has 0 radical (unpaired) electrons. The summed E-state index contributed by atoms with van der Waals surface area (Å²) in [6.07, 6.45) is 3.00. The van der Waals surface area contributed by atoms with E-state index in [9.17, 15) is 0 Å². The molecule has 0 amide bonds. The minimum absolute atomic E-state index is 0.824. The van der Waals surface area contributed by atoms with Gasteiger partial charge < -0.3 is 10.1 Å². The van der Waals surface area contributed by atoms with Crippen molar-refractivity contribution in [3.63, 3.8) is 0 Å². The molecule has 1 heterocycles. The monoisotopic (exact) mass is 226 g/mol. The molecular formula is C11H18N2OS. The van der Waals surface area contributed by atoms with Gasteiger partial charge in [-0.2, -0.15) is 0 Å². The van der Waals surface area contributed by atoms with Gasteiger partial charge in [-0.1, -0.05) is 6.07 Å². The molecule has 84 valence electrons. The number of nitrogens with zero attached hydrogens (tertiary/aromatic N) is 1. The van der Waals surface area contributed by atoms with Crippen molar-refractivity contribution in [1.29, 1.82) is 0 Å². The summed E-state index contributed by atoms with van der Waals surface area (Å²) in [5.41, 5.74) is 1.22. The van der Waals surface area contributed by atoms with Gasteiger partial charge >= 0.3 is 0 Å². The van der Waals surface area contributed by atoms with Gasteiger partial charge in [-0.05, 0) is 25.1 Å². The molecule has 3 nitrogen and oxygen atoms in total. The molecule has 0 saturated carbocycles. The summed E-state index contributed by atoms with van der Waals surface area (Å²) in [4.78, 5) is 4.38. The Bertz CT molecular complexity index is 264. The SMILES string of the molecule is CNCc1ccc(SCCCOC)nc1. The minimum Gasteiger partial charge on any atom is -0.385 e. The van der Waals surface area contributed by atoms with Gasteiger partial charge in [0.15, 0.2) is 0 Å². The molecule has 0 bridgehead atoms. The topological polar surface area (TPSA) is 34.1 Å². The first-order valence-corrected chi connectivity index (χ1v) is 6.06. The summed E-state index contributed by atoms with van der Waals surface area (Å²) in [6.45, 7) is 1.70. The van der Waals surface area contributed by atoms with Crippen LogP contribution in [0.3, 0.4) is 0 Å². The molecule has 0 aliphatic carbocycles. The first kappa shape index (κ1) is 12.5. The number of aromatic nitrogens is 1. The van der Waals surface area contributed by atoms with Crippen LogP contribution in [0.15, 0.2) is 23.4 Å². The Morgan fingerprint density at radius 1 is 1.47 bits per heavy atom. The van der Waals surface area contributed by atoms with E-state index < -0.39 is 0 Å². The number of hydrogen-bond acceptors (Lipinski definition) is 4. The fourth-order valence-corrected chi connectivity index (χ4v) is 1.95. The van der Waals surface area contributed by atoms with Gasteiger partial charge in [-0.3, -0.25) is 0 Å². The lowest BCUT2D eigenvalue weighted by molar-refractivity contribution is 0.200. The van der Waals surface area contributed by atoms with Crippen molar-refractivity contribution in [2.24, 2.45) is 0 Å². The van der Waals surface area contributed by atoms with E-state index in [2.05, 4.69) is 22.4 Å². The summed E-state index contributed by atoms with van der Waals surface area (Å²) in [6, 6.07) is 4.19. The van der Waals surface area contributed by atoms with Crippen molar-refractivity contribution in [2.75, 3.05) is 26.5 Å². The molecule has 0 aromatic carbocycles. The zero-order valence-electron chi connectivity index (χ0n) is 9.32. The Morgan fingerprint density at radius 3 is 2.93 bits per heavy atom. The zero-order valence-corrected chi connectivity index (χ0v) is 10.1. The largest absolute Gasteiger partial charge is 0.385 e. The van der Waals surface area contributed by atoms with Gasteiger partial charge in [0, 0.05) is 32.2 Å². The van der Waals surface area contributed by atoms with Crippen molar-refractivity contribution in [1.82, 2.24) is 10.3 Å². The first-order chi connectivity index (χ1) is 7.36. The third-order valence-electron chi connectivity index (χ3n) is 1.92. The average Bonchev–Trinajstić information content (AvgIpc) is 2.27. The predicted molar refractivity (Wildman–Crippen MR) is 64.2 cm³/mol. The summed E-state index contributed by atoms with van der Waals surface area (Å²) in [5, 5.41) is 4.19. The van der Waals surface area contributed by atoms with Crippen LogP contribution in [0, 0.1) is 0 Å². The van der Waals surface area contributed by atoms with Crippen LogP contribution < -0.4 is 5.32 Å². The summed E-state index contributed by atoms with van der Waals surface area (Å²) < 4.78 is 4.99. The number of pyridine rings is 1. The molecule has 4 heteroatoms. The van der Waals surface area contributed by atoms with Crippen molar-refractivity contribution >= 4 is 11.8 Å². The lowest BCUT2D eigenvalue weighted by atomic mass is 10.3. The number of nitrogens with one attached hydrogen (secondary N) is 1. The van der Waals surface area contributed by atoms with E-state index in [1.54, 1.807) is 18.9 Å². The maximum Gasteiger partial charge on any atom is 0.0960 e. The van der Waals surface area contributed by atoms with Crippen LogP contribution in [0.1, 0.15) is 12.0 Å². The zero-order chi connectivity index (χ0) is 10.9. The Labute approximate surface area is 95.6 Å². The summed E-state index contributed by atoms with van der Waals surface area (Å²) in [7, 11) is 3.67. The molecule has 1 aromatic rings. The summed E-state index contributed by atoms with van der Waals surface area (Å²) in [5.74, 6) is 1.06. The fourth-order valence-electron chi connectivity index (χ4n) is 1.18. The molecule has 0 unspecified atom stereocenters. The number of thioether (sulfide) groups is 1. The molecule has 0 saturated heterocycles. The molecule has 0 aliphatic heterocycles. The Morgan fingerprint density at radius 2 is 2.33 bits per heavy atom. The molecule has 0 aliphatic rings. The number of methoxy groups -OCH3 is 1. The standard InChI is InChI=1S/C11H18N2OS/c1-12-8-10-4-5-11(13-9-10)15-7-3-6-14-2/h4-5,9,12H,3,6-8H2,1-2H3. The third-order valence-corrected chi connectivity index (χ3v) is 2.95. The van der Waals surface area contributed by atoms with Gasteiger partial charge in [0.1, 0.15) is 0 Å². The van der Waals surface area contributed by atoms with Gasteiger partial charge in [-0.25, -0.2) is 4.98 Å². The Kier molecular flexibility index (Phi) is 6.39. The maximum absolute atomic E-state index is 4.99. The highest BCUT2D eigenvalue weighted by molar-refractivity contribution is 7.99. The molecule has 1 rings (SSSR count). The molecule has 0 atom stereocenters. The van der Waals surface area contributed by atoms with Crippen LogP contribution in [0.5, 0.6) is 0 Å². The second-order valence-electron chi connectivity index (χ2n) is 3.23. The van der Waals surface area contributed by atoms with Gasteiger partial charge in [0.2, 0.25) is 0 Å². The quantitative estimate of drug-likeness (QED) is 0.569. The smallest absolute Gasteiger partial charge is 0.0960 e. The highest BCUT2D eigenvalue weighted by Gasteiger charge is 1.96. The van der Waals surface area contributed by atoms with E-state index in [-0.39, 0.29) is 0 Å². The van der Waals surface area contributed by atoms with Gasteiger partial charge in [-0.15, -0.1) is 11.8 Å². The average molecular weight is 226 g/mol. The lowest BCUT2D eigenvalue weighted by Crippen LogP contribution is -2.05. The van der Waals surface area contributed by atoms with E-state index in [1.165, 1.54) is 5.56 Å². The highest BCUT2D eigenvalue weighted by Crippen LogP contribution is 2.15. The molecule has 1 aromatic heterocycles. The Balaban J connectivity index is 2.29. The third kappa shape index (κ3) is 5.16. The van der Waals surface area contributed by atoms with Crippen molar-refractivity contribution in [3.05, 3.63) is 23.9 Å². The number of ether oxygens (including phenoxy) is 1.